The summed E-state index contributed by atoms with van der Waals surface area (Å²) in [7, 11) is 0. The smallest absolute Gasteiger partial charge is 0.172 e. The van der Waals surface area contributed by atoms with Gasteiger partial charge >= 0.3 is 0 Å². The quantitative estimate of drug-likeness (QED) is 0.749. The summed E-state index contributed by atoms with van der Waals surface area (Å²) in [4.78, 5) is 11.9. The Hall–Kier alpha value is -1.54. The predicted molar refractivity (Wildman–Crippen MR) is 78.1 cm³/mol. The lowest BCUT2D eigenvalue weighted by atomic mass is 10.2. The number of Topliss-reactive ketones (excluding diaryl/α,β-unsaturated/α-hetero) is 1. The molecule has 0 fully saturated rings. The van der Waals surface area contributed by atoms with Crippen LogP contribution in [0.2, 0.25) is 0 Å². The maximum absolute atomic E-state index is 11.9. The fourth-order valence-electron chi connectivity index (χ4n) is 1.77. The van der Waals surface area contributed by atoms with E-state index in [0.717, 1.165) is 11.3 Å². The van der Waals surface area contributed by atoms with E-state index in [9.17, 15) is 4.79 Å². The van der Waals surface area contributed by atoms with E-state index in [1.54, 1.807) is 11.8 Å². The SMILES string of the molecule is Cc1cccc(CSCC(=O)c2ccccc2)c1. The minimum Gasteiger partial charge on any atom is -0.293 e. The van der Waals surface area contributed by atoms with Crippen LogP contribution in [0, 0.1) is 6.92 Å². The summed E-state index contributed by atoms with van der Waals surface area (Å²) in [5.41, 5.74) is 3.34. The minimum atomic E-state index is 0.202. The van der Waals surface area contributed by atoms with E-state index in [4.69, 9.17) is 0 Å². The van der Waals surface area contributed by atoms with E-state index in [1.807, 2.05) is 30.3 Å². The largest absolute Gasteiger partial charge is 0.293 e. The average molecular weight is 256 g/mol. The Bertz CT molecular complexity index is 520. The number of aryl methyl sites for hydroxylation is 1. The van der Waals surface area contributed by atoms with Crippen LogP contribution in [-0.2, 0) is 5.75 Å². The van der Waals surface area contributed by atoms with E-state index in [2.05, 4.69) is 31.2 Å². The molecule has 0 bridgehead atoms. The van der Waals surface area contributed by atoms with Crippen LogP contribution in [0.15, 0.2) is 54.6 Å². The molecule has 1 nitrogen and oxygen atoms in total. The van der Waals surface area contributed by atoms with Crippen molar-refractivity contribution in [3.63, 3.8) is 0 Å². The molecule has 92 valence electrons. The van der Waals surface area contributed by atoms with Gasteiger partial charge < -0.3 is 0 Å². The van der Waals surface area contributed by atoms with Crippen molar-refractivity contribution >= 4 is 17.5 Å². The number of hydrogen-bond acceptors (Lipinski definition) is 2. The molecule has 2 rings (SSSR count). The van der Waals surface area contributed by atoms with Gasteiger partial charge in [-0.1, -0.05) is 60.2 Å². The summed E-state index contributed by atoms with van der Waals surface area (Å²) in [5.74, 6) is 1.63. The maximum Gasteiger partial charge on any atom is 0.172 e. The van der Waals surface area contributed by atoms with Crippen molar-refractivity contribution in [2.75, 3.05) is 5.75 Å². The molecule has 18 heavy (non-hydrogen) atoms. The molecule has 0 saturated heterocycles. The molecule has 0 amide bonds. The van der Waals surface area contributed by atoms with Gasteiger partial charge in [-0.3, -0.25) is 4.79 Å². The first-order valence-electron chi connectivity index (χ1n) is 5.97. The zero-order valence-electron chi connectivity index (χ0n) is 10.4. The molecule has 0 heterocycles. The molecule has 0 unspecified atom stereocenters. The van der Waals surface area contributed by atoms with Crippen molar-refractivity contribution in [3.05, 3.63) is 71.3 Å². The number of hydrogen-bond donors (Lipinski definition) is 0. The van der Waals surface area contributed by atoms with Gasteiger partial charge in [-0.2, -0.15) is 0 Å². The molecule has 2 aromatic carbocycles. The molecule has 2 aromatic rings. The molecule has 0 aliphatic heterocycles. The Balaban J connectivity index is 1.84. The lowest BCUT2D eigenvalue weighted by molar-refractivity contribution is 0.102. The highest BCUT2D eigenvalue weighted by atomic mass is 32.2. The minimum absolute atomic E-state index is 0.202. The molecular formula is C16H16OS. The van der Waals surface area contributed by atoms with E-state index in [1.165, 1.54) is 11.1 Å². The fraction of sp³-hybridized carbons (Fsp3) is 0.188. The highest BCUT2D eigenvalue weighted by Crippen LogP contribution is 2.15. The number of carbonyl (C=O) groups excluding carboxylic acids is 1. The lowest BCUT2D eigenvalue weighted by Gasteiger charge is -2.03. The standard InChI is InChI=1S/C16H16OS/c1-13-6-5-7-14(10-13)11-18-12-16(17)15-8-3-2-4-9-15/h2-10H,11-12H2,1H3. The van der Waals surface area contributed by atoms with Crippen LogP contribution in [0.5, 0.6) is 0 Å². The van der Waals surface area contributed by atoms with Crippen molar-refractivity contribution < 1.29 is 4.79 Å². The van der Waals surface area contributed by atoms with Gasteiger partial charge in [-0.05, 0) is 12.5 Å². The van der Waals surface area contributed by atoms with Crippen LogP contribution < -0.4 is 0 Å². The summed E-state index contributed by atoms with van der Waals surface area (Å²) < 4.78 is 0. The van der Waals surface area contributed by atoms with E-state index in [0.29, 0.717) is 5.75 Å². The molecule has 0 saturated carbocycles. The van der Waals surface area contributed by atoms with E-state index < -0.39 is 0 Å². The van der Waals surface area contributed by atoms with Crippen molar-refractivity contribution in [3.8, 4) is 0 Å². The maximum atomic E-state index is 11.9. The Morgan fingerprint density at radius 2 is 1.83 bits per heavy atom. The highest BCUT2D eigenvalue weighted by Gasteiger charge is 2.04. The molecule has 0 aliphatic rings. The van der Waals surface area contributed by atoms with Gasteiger partial charge in [0.05, 0.1) is 5.75 Å². The average Bonchev–Trinajstić information content (AvgIpc) is 2.40. The number of rotatable bonds is 5. The number of carbonyl (C=O) groups is 1. The number of benzene rings is 2. The van der Waals surface area contributed by atoms with Gasteiger partial charge in [0.1, 0.15) is 0 Å². The van der Waals surface area contributed by atoms with Gasteiger partial charge in [-0.25, -0.2) is 0 Å². The number of ketones is 1. The summed E-state index contributed by atoms with van der Waals surface area (Å²) >= 11 is 1.67. The van der Waals surface area contributed by atoms with Crippen LogP contribution >= 0.6 is 11.8 Å². The van der Waals surface area contributed by atoms with Crippen molar-refractivity contribution in [1.29, 1.82) is 0 Å². The van der Waals surface area contributed by atoms with Gasteiger partial charge in [0.2, 0.25) is 0 Å². The van der Waals surface area contributed by atoms with E-state index >= 15 is 0 Å². The Morgan fingerprint density at radius 1 is 1.06 bits per heavy atom. The zero-order chi connectivity index (χ0) is 12.8. The molecule has 0 radical (unpaired) electrons. The summed E-state index contributed by atoms with van der Waals surface area (Å²) in [6, 6.07) is 17.9. The van der Waals surface area contributed by atoms with Crippen LogP contribution in [-0.4, -0.2) is 11.5 Å². The topological polar surface area (TPSA) is 17.1 Å². The molecule has 0 aliphatic carbocycles. The van der Waals surface area contributed by atoms with Gasteiger partial charge in [0.15, 0.2) is 5.78 Å². The van der Waals surface area contributed by atoms with Crippen molar-refractivity contribution in [1.82, 2.24) is 0 Å². The van der Waals surface area contributed by atoms with Crippen LogP contribution in [0.3, 0.4) is 0 Å². The molecule has 0 aromatic heterocycles. The first-order valence-corrected chi connectivity index (χ1v) is 7.13. The number of thioether (sulfide) groups is 1. The van der Waals surface area contributed by atoms with Crippen molar-refractivity contribution in [2.45, 2.75) is 12.7 Å². The van der Waals surface area contributed by atoms with Gasteiger partial charge in [-0.15, -0.1) is 11.8 Å². The Labute approximate surface area is 112 Å². The van der Waals surface area contributed by atoms with Crippen molar-refractivity contribution in [2.24, 2.45) is 0 Å². The van der Waals surface area contributed by atoms with E-state index in [-0.39, 0.29) is 5.78 Å². The third-order valence-electron chi connectivity index (χ3n) is 2.68. The van der Waals surface area contributed by atoms with Crippen LogP contribution in [0.25, 0.3) is 0 Å². The van der Waals surface area contributed by atoms with Gasteiger partial charge in [0, 0.05) is 11.3 Å². The predicted octanol–water partition coefficient (Wildman–Crippen LogP) is 4.11. The Kier molecular flexibility index (Phi) is 4.59. The lowest BCUT2D eigenvalue weighted by Crippen LogP contribution is -2.02. The molecule has 2 heteroatoms. The first-order chi connectivity index (χ1) is 8.75. The molecular weight excluding hydrogens is 240 g/mol. The normalized spacial score (nSPS) is 10.3. The third kappa shape index (κ3) is 3.74. The monoisotopic (exact) mass is 256 g/mol. The zero-order valence-corrected chi connectivity index (χ0v) is 11.2. The fourth-order valence-corrected chi connectivity index (χ4v) is 2.64. The van der Waals surface area contributed by atoms with Gasteiger partial charge in [0.25, 0.3) is 0 Å². The Morgan fingerprint density at radius 3 is 2.56 bits per heavy atom. The second kappa shape index (κ2) is 6.41. The summed E-state index contributed by atoms with van der Waals surface area (Å²) in [6.45, 7) is 2.09. The first kappa shape index (κ1) is 12.9. The summed E-state index contributed by atoms with van der Waals surface area (Å²) in [6.07, 6.45) is 0. The summed E-state index contributed by atoms with van der Waals surface area (Å²) in [5, 5.41) is 0. The molecule has 0 atom stereocenters. The van der Waals surface area contributed by atoms with Crippen LogP contribution in [0.4, 0.5) is 0 Å². The second-order valence-electron chi connectivity index (χ2n) is 4.27. The highest BCUT2D eigenvalue weighted by molar-refractivity contribution is 7.99. The van der Waals surface area contributed by atoms with Crippen LogP contribution in [0.1, 0.15) is 21.5 Å². The molecule has 0 N–H and O–H groups in total. The second-order valence-corrected chi connectivity index (χ2v) is 5.26. The third-order valence-corrected chi connectivity index (χ3v) is 3.68. The molecule has 0 spiro atoms.